The molecule has 0 aliphatic heterocycles. The molecule has 0 spiro atoms. The lowest BCUT2D eigenvalue weighted by Crippen LogP contribution is -1.79. The molecule has 2 N–H and O–H groups in total. The molecule has 0 aliphatic rings. The smallest absolute Gasteiger partial charge is 0.199 e. The number of aromatic amines is 2. The fourth-order valence-electron chi connectivity index (χ4n) is 1.28. The molecule has 15 heavy (non-hydrogen) atoms. The average molecular weight is 217 g/mol. The van der Waals surface area contributed by atoms with Crippen molar-refractivity contribution in [1.29, 1.82) is 0 Å². The van der Waals surface area contributed by atoms with Gasteiger partial charge >= 0.3 is 0 Å². The van der Waals surface area contributed by atoms with Gasteiger partial charge in [-0.1, -0.05) is 6.07 Å². The van der Waals surface area contributed by atoms with E-state index in [0.717, 1.165) is 16.4 Å². The van der Waals surface area contributed by atoms with Crippen LogP contribution in [0.1, 0.15) is 0 Å². The zero-order chi connectivity index (χ0) is 10.1. The molecule has 0 fully saturated rings. The summed E-state index contributed by atoms with van der Waals surface area (Å²) < 4.78 is 0. The number of H-pyrrole nitrogens is 2. The highest BCUT2D eigenvalue weighted by Gasteiger charge is 2.08. The largest absolute Gasteiger partial charge is 0.342 e. The highest BCUT2D eigenvalue weighted by Crippen LogP contribution is 2.22. The molecular formula is C9H7N5S. The minimum absolute atomic E-state index is 0.635. The van der Waals surface area contributed by atoms with E-state index in [1.807, 2.05) is 17.5 Å². The second-order valence-electron chi connectivity index (χ2n) is 2.95. The summed E-state index contributed by atoms with van der Waals surface area (Å²) in [6.07, 6.45) is 3.30. The Hall–Kier alpha value is -1.95. The van der Waals surface area contributed by atoms with Crippen LogP contribution >= 0.6 is 11.3 Å². The zero-order valence-corrected chi connectivity index (χ0v) is 8.45. The van der Waals surface area contributed by atoms with Gasteiger partial charge in [-0.15, -0.1) is 11.3 Å². The third kappa shape index (κ3) is 1.44. The van der Waals surface area contributed by atoms with Crippen molar-refractivity contribution in [3.05, 3.63) is 30.0 Å². The van der Waals surface area contributed by atoms with Gasteiger partial charge in [0.1, 0.15) is 5.69 Å². The van der Waals surface area contributed by atoms with Crippen LogP contribution in [0.3, 0.4) is 0 Å². The second-order valence-corrected chi connectivity index (χ2v) is 3.90. The minimum atomic E-state index is 0.635. The van der Waals surface area contributed by atoms with E-state index >= 15 is 0 Å². The summed E-state index contributed by atoms with van der Waals surface area (Å²) in [6, 6.07) is 3.99. The van der Waals surface area contributed by atoms with Crippen LogP contribution in [0.4, 0.5) is 0 Å². The summed E-state index contributed by atoms with van der Waals surface area (Å²) in [6.45, 7) is 0. The van der Waals surface area contributed by atoms with Crippen LogP contribution in [0.5, 0.6) is 0 Å². The van der Waals surface area contributed by atoms with Gasteiger partial charge in [-0.25, -0.2) is 9.97 Å². The number of aromatic nitrogens is 5. The molecule has 5 nitrogen and oxygen atoms in total. The van der Waals surface area contributed by atoms with Gasteiger partial charge < -0.3 is 4.98 Å². The second kappa shape index (κ2) is 3.32. The van der Waals surface area contributed by atoms with E-state index < -0.39 is 0 Å². The van der Waals surface area contributed by atoms with Crippen molar-refractivity contribution < 1.29 is 0 Å². The number of hydrogen-bond acceptors (Lipinski definition) is 4. The highest BCUT2D eigenvalue weighted by molar-refractivity contribution is 7.13. The summed E-state index contributed by atoms with van der Waals surface area (Å²) in [4.78, 5) is 12.3. The van der Waals surface area contributed by atoms with Gasteiger partial charge in [-0.05, 0) is 11.4 Å². The molecule has 0 aromatic carbocycles. The number of nitrogens with zero attached hydrogens (tertiary/aromatic N) is 3. The topological polar surface area (TPSA) is 70.2 Å². The number of thiophene rings is 1. The van der Waals surface area contributed by atoms with Gasteiger partial charge in [0, 0.05) is 0 Å². The first-order valence-electron chi connectivity index (χ1n) is 4.38. The van der Waals surface area contributed by atoms with E-state index in [4.69, 9.17) is 0 Å². The van der Waals surface area contributed by atoms with Gasteiger partial charge in [0.2, 0.25) is 0 Å². The lowest BCUT2D eigenvalue weighted by Gasteiger charge is -1.86. The van der Waals surface area contributed by atoms with Crippen molar-refractivity contribution in [3.8, 4) is 22.2 Å². The first-order valence-corrected chi connectivity index (χ1v) is 5.26. The first kappa shape index (κ1) is 8.37. The molecule has 0 aliphatic carbocycles. The van der Waals surface area contributed by atoms with E-state index in [2.05, 4.69) is 25.1 Å². The monoisotopic (exact) mass is 217 g/mol. The Morgan fingerprint density at radius 2 is 2.33 bits per heavy atom. The first-order chi connectivity index (χ1) is 7.43. The molecule has 6 heteroatoms. The van der Waals surface area contributed by atoms with Gasteiger partial charge in [0.25, 0.3) is 0 Å². The Balaban J connectivity index is 2.02. The standard InChI is InChI=1S/C9H7N5S/c1-2-7(15-3-1)9-12-8(13-14-9)6-4-10-5-11-6/h1-5H,(H,10,11)(H,12,13,14). The normalized spacial score (nSPS) is 10.7. The summed E-state index contributed by atoms with van der Waals surface area (Å²) >= 11 is 1.63. The predicted molar refractivity (Wildman–Crippen MR) is 57.3 cm³/mol. The lowest BCUT2D eigenvalue weighted by molar-refractivity contribution is 1.10. The van der Waals surface area contributed by atoms with E-state index in [1.54, 1.807) is 23.9 Å². The fourth-order valence-corrected chi connectivity index (χ4v) is 1.95. The third-order valence-electron chi connectivity index (χ3n) is 1.98. The molecule has 3 heterocycles. The molecule has 0 unspecified atom stereocenters. The van der Waals surface area contributed by atoms with Crippen LogP contribution < -0.4 is 0 Å². The molecular weight excluding hydrogens is 210 g/mol. The van der Waals surface area contributed by atoms with Crippen LogP contribution in [0, 0.1) is 0 Å². The number of imidazole rings is 1. The molecule has 0 radical (unpaired) electrons. The van der Waals surface area contributed by atoms with Crippen molar-refractivity contribution in [2.24, 2.45) is 0 Å². The van der Waals surface area contributed by atoms with Crippen molar-refractivity contribution in [2.45, 2.75) is 0 Å². The maximum atomic E-state index is 4.37. The van der Waals surface area contributed by atoms with Crippen LogP contribution in [-0.4, -0.2) is 25.1 Å². The van der Waals surface area contributed by atoms with Crippen molar-refractivity contribution in [1.82, 2.24) is 25.1 Å². The van der Waals surface area contributed by atoms with Crippen molar-refractivity contribution >= 4 is 11.3 Å². The molecule has 0 atom stereocenters. The van der Waals surface area contributed by atoms with Gasteiger partial charge in [0.15, 0.2) is 11.6 Å². The SMILES string of the molecule is c1csc(-c2nc(-c3cnc[nH]3)n[nH]2)c1. The lowest BCUT2D eigenvalue weighted by atomic mass is 10.4. The van der Waals surface area contributed by atoms with Crippen LogP contribution in [-0.2, 0) is 0 Å². The maximum Gasteiger partial charge on any atom is 0.199 e. The molecule has 0 saturated heterocycles. The van der Waals surface area contributed by atoms with Gasteiger partial charge in [0.05, 0.1) is 17.4 Å². The maximum absolute atomic E-state index is 4.37. The molecule has 3 aromatic rings. The molecule has 3 aromatic heterocycles. The van der Waals surface area contributed by atoms with Crippen LogP contribution in [0.2, 0.25) is 0 Å². The zero-order valence-electron chi connectivity index (χ0n) is 7.64. The van der Waals surface area contributed by atoms with Crippen molar-refractivity contribution in [2.75, 3.05) is 0 Å². The Labute approximate surface area is 89.2 Å². The molecule has 0 amide bonds. The van der Waals surface area contributed by atoms with E-state index in [-0.39, 0.29) is 0 Å². The highest BCUT2D eigenvalue weighted by atomic mass is 32.1. The summed E-state index contributed by atoms with van der Waals surface area (Å²) in [7, 11) is 0. The molecule has 74 valence electrons. The summed E-state index contributed by atoms with van der Waals surface area (Å²) in [5.41, 5.74) is 0.814. The Morgan fingerprint density at radius 3 is 3.07 bits per heavy atom. The predicted octanol–water partition coefficient (Wildman–Crippen LogP) is 1.92. The number of rotatable bonds is 2. The van der Waals surface area contributed by atoms with Gasteiger partial charge in [-0.3, -0.25) is 5.10 Å². The summed E-state index contributed by atoms with van der Waals surface area (Å²) in [5.74, 6) is 1.42. The Kier molecular flexibility index (Phi) is 1.85. The van der Waals surface area contributed by atoms with Gasteiger partial charge in [-0.2, -0.15) is 5.10 Å². The molecule has 0 saturated carbocycles. The van der Waals surface area contributed by atoms with E-state index in [9.17, 15) is 0 Å². The van der Waals surface area contributed by atoms with E-state index in [0.29, 0.717) is 5.82 Å². The minimum Gasteiger partial charge on any atom is -0.342 e. The van der Waals surface area contributed by atoms with Crippen LogP contribution in [0.15, 0.2) is 30.0 Å². The molecule has 3 rings (SSSR count). The van der Waals surface area contributed by atoms with Crippen molar-refractivity contribution in [3.63, 3.8) is 0 Å². The average Bonchev–Trinajstić information content (AvgIpc) is 3.02. The Bertz CT molecular complexity index is 488. The third-order valence-corrected chi connectivity index (χ3v) is 2.86. The quantitative estimate of drug-likeness (QED) is 0.689. The Morgan fingerprint density at radius 1 is 1.33 bits per heavy atom. The number of nitrogens with one attached hydrogen (secondary N) is 2. The summed E-state index contributed by atoms with van der Waals surface area (Å²) in [5, 5.41) is 9.02. The van der Waals surface area contributed by atoms with E-state index in [1.165, 1.54) is 0 Å². The van der Waals surface area contributed by atoms with Crippen LogP contribution in [0.25, 0.3) is 22.2 Å². The molecule has 0 bridgehead atoms. The fraction of sp³-hybridized carbons (Fsp3) is 0. The number of hydrogen-bond donors (Lipinski definition) is 2.